The Morgan fingerprint density at radius 3 is 2.38 bits per heavy atom. The highest BCUT2D eigenvalue weighted by Gasteiger charge is 2.37. The number of ether oxygens (including phenoxy) is 2. The molecule has 2 atom stereocenters. The molecule has 146 valence electrons. The number of carbonyl (C=O) groups is 2. The maximum Gasteiger partial charge on any atom is 0.249 e. The summed E-state index contributed by atoms with van der Waals surface area (Å²) in [6, 6.07) is 4.86. The number of methoxy groups -OCH3 is 2. The molecule has 1 fully saturated rings. The number of halogens is 1. The monoisotopic (exact) mass is 385 g/mol. The predicted octanol–water partition coefficient (Wildman–Crippen LogP) is 1.82. The summed E-state index contributed by atoms with van der Waals surface area (Å²) in [6.07, 6.45) is 1.56. The number of nitrogens with two attached hydrogens (primary N) is 1. The van der Waals surface area contributed by atoms with Gasteiger partial charge in [-0.15, -0.1) is 12.4 Å². The number of benzene rings is 1. The van der Waals surface area contributed by atoms with E-state index in [-0.39, 0.29) is 30.3 Å². The molecule has 0 aromatic heterocycles. The number of carbonyl (C=O) groups excluding carboxylic acids is 2. The van der Waals surface area contributed by atoms with Crippen LogP contribution in [0, 0.1) is 0 Å². The van der Waals surface area contributed by atoms with Crippen LogP contribution in [0.15, 0.2) is 18.2 Å². The van der Waals surface area contributed by atoms with Crippen LogP contribution in [0.1, 0.15) is 26.2 Å². The van der Waals surface area contributed by atoms with Gasteiger partial charge < -0.3 is 25.0 Å². The summed E-state index contributed by atoms with van der Waals surface area (Å²) in [5.74, 6) is 1.09. The zero-order valence-electron chi connectivity index (χ0n) is 15.7. The van der Waals surface area contributed by atoms with E-state index >= 15 is 0 Å². The van der Waals surface area contributed by atoms with E-state index < -0.39 is 6.04 Å². The lowest BCUT2D eigenvalue weighted by Crippen LogP contribution is -2.43. The van der Waals surface area contributed by atoms with Crippen molar-refractivity contribution in [2.24, 2.45) is 5.73 Å². The van der Waals surface area contributed by atoms with Crippen molar-refractivity contribution in [3.05, 3.63) is 18.2 Å². The average molecular weight is 386 g/mol. The second-order valence-corrected chi connectivity index (χ2v) is 6.39. The quantitative estimate of drug-likeness (QED) is 0.773. The number of hydrogen-bond donors (Lipinski definition) is 1. The Morgan fingerprint density at radius 2 is 1.88 bits per heavy atom. The average Bonchev–Trinajstić information content (AvgIpc) is 2.99. The van der Waals surface area contributed by atoms with Gasteiger partial charge in [0.25, 0.3) is 0 Å². The zero-order valence-corrected chi connectivity index (χ0v) is 16.5. The molecule has 0 aliphatic carbocycles. The maximum absolute atomic E-state index is 12.8. The van der Waals surface area contributed by atoms with Crippen LogP contribution in [0.5, 0.6) is 11.5 Å². The number of likely N-dealkylation sites (N-methyl/N-ethyl adjacent to an activating group) is 1. The Hall–Kier alpha value is -1.99. The Morgan fingerprint density at radius 1 is 1.31 bits per heavy atom. The van der Waals surface area contributed by atoms with Gasteiger partial charge in [-0.25, -0.2) is 0 Å². The number of anilines is 1. The first-order valence-electron chi connectivity index (χ1n) is 8.43. The molecule has 26 heavy (non-hydrogen) atoms. The Kier molecular flexibility index (Phi) is 8.17. The molecule has 2 N–H and O–H groups in total. The van der Waals surface area contributed by atoms with Gasteiger partial charge in [-0.3, -0.25) is 9.59 Å². The Labute approximate surface area is 160 Å². The Bertz CT molecular complexity index is 617. The summed E-state index contributed by atoms with van der Waals surface area (Å²) in [4.78, 5) is 28.3. The summed E-state index contributed by atoms with van der Waals surface area (Å²) in [7, 11) is 4.82. The fourth-order valence-corrected chi connectivity index (χ4v) is 2.93. The van der Waals surface area contributed by atoms with Crippen LogP contribution in [-0.4, -0.2) is 56.6 Å². The van der Waals surface area contributed by atoms with Gasteiger partial charge in [0.1, 0.15) is 17.5 Å². The number of amides is 2. The molecular weight excluding hydrogens is 358 g/mol. The van der Waals surface area contributed by atoms with Gasteiger partial charge in [0.05, 0.1) is 19.9 Å². The molecule has 2 rings (SSSR count). The van der Waals surface area contributed by atoms with E-state index in [9.17, 15) is 9.59 Å². The van der Waals surface area contributed by atoms with E-state index in [0.717, 1.165) is 0 Å². The highest BCUT2D eigenvalue weighted by molar-refractivity contribution is 6.01. The highest BCUT2D eigenvalue weighted by Crippen LogP contribution is 2.31. The summed E-state index contributed by atoms with van der Waals surface area (Å²) in [6.45, 7) is 2.41. The second kappa shape index (κ2) is 9.64. The van der Waals surface area contributed by atoms with E-state index in [2.05, 4.69) is 0 Å². The maximum atomic E-state index is 12.8. The van der Waals surface area contributed by atoms with Crippen LogP contribution in [0.4, 0.5) is 5.69 Å². The number of hydrogen-bond acceptors (Lipinski definition) is 5. The summed E-state index contributed by atoms with van der Waals surface area (Å²) < 4.78 is 10.5. The normalized spacial score (nSPS) is 17.5. The minimum absolute atomic E-state index is 0. The predicted molar refractivity (Wildman–Crippen MR) is 103 cm³/mol. The Balaban J connectivity index is 0.00000338. The minimum atomic E-state index is -0.447. The molecule has 1 heterocycles. The van der Waals surface area contributed by atoms with Crippen molar-refractivity contribution in [2.75, 3.05) is 32.7 Å². The van der Waals surface area contributed by atoms with Crippen LogP contribution < -0.4 is 20.1 Å². The van der Waals surface area contributed by atoms with Crippen LogP contribution >= 0.6 is 12.4 Å². The summed E-state index contributed by atoms with van der Waals surface area (Å²) in [5.41, 5.74) is 6.41. The SMILES string of the molecule is COc1cc(OC)cc(N2CCC(N(C)C(=O)CCC(C)N)C2=O)c1.Cl. The molecular formula is C18H28ClN3O4. The molecule has 8 heteroatoms. The third-order valence-corrected chi connectivity index (χ3v) is 4.50. The molecule has 0 spiro atoms. The van der Waals surface area contributed by atoms with Crippen molar-refractivity contribution >= 4 is 29.9 Å². The minimum Gasteiger partial charge on any atom is -0.497 e. The lowest BCUT2D eigenvalue weighted by atomic mass is 10.1. The third-order valence-electron chi connectivity index (χ3n) is 4.50. The molecule has 1 aromatic rings. The molecule has 0 bridgehead atoms. The molecule has 1 saturated heterocycles. The number of rotatable bonds is 7. The topological polar surface area (TPSA) is 85.1 Å². The number of nitrogens with zero attached hydrogens (tertiary/aromatic N) is 2. The first kappa shape index (κ1) is 22.1. The van der Waals surface area contributed by atoms with E-state index in [1.54, 1.807) is 49.3 Å². The molecule has 1 aliphatic heterocycles. The molecule has 1 aliphatic rings. The fourth-order valence-electron chi connectivity index (χ4n) is 2.93. The van der Waals surface area contributed by atoms with E-state index in [4.69, 9.17) is 15.2 Å². The van der Waals surface area contributed by atoms with Gasteiger partial charge in [0, 0.05) is 44.3 Å². The van der Waals surface area contributed by atoms with Gasteiger partial charge in [-0.1, -0.05) is 0 Å². The lowest BCUT2D eigenvalue weighted by molar-refractivity contribution is -0.136. The highest BCUT2D eigenvalue weighted by atomic mass is 35.5. The lowest BCUT2D eigenvalue weighted by Gasteiger charge is -2.24. The van der Waals surface area contributed by atoms with Crippen LogP contribution in [0.2, 0.25) is 0 Å². The fraction of sp³-hybridized carbons (Fsp3) is 0.556. The van der Waals surface area contributed by atoms with Gasteiger partial charge in [0.15, 0.2) is 0 Å². The zero-order chi connectivity index (χ0) is 18.6. The van der Waals surface area contributed by atoms with E-state index in [1.165, 1.54) is 0 Å². The van der Waals surface area contributed by atoms with E-state index in [0.29, 0.717) is 43.0 Å². The largest absolute Gasteiger partial charge is 0.497 e. The molecule has 0 saturated carbocycles. The van der Waals surface area contributed by atoms with Crippen LogP contribution in [0.3, 0.4) is 0 Å². The molecule has 1 aromatic carbocycles. The van der Waals surface area contributed by atoms with Gasteiger partial charge in [-0.2, -0.15) is 0 Å². The molecule has 2 unspecified atom stereocenters. The van der Waals surface area contributed by atoms with Crippen molar-refractivity contribution < 1.29 is 19.1 Å². The van der Waals surface area contributed by atoms with Crippen molar-refractivity contribution in [2.45, 2.75) is 38.3 Å². The van der Waals surface area contributed by atoms with Crippen molar-refractivity contribution in [1.82, 2.24) is 4.90 Å². The summed E-state index contributed by atoms with van der Waals surface area (Å²) >= 11 is 0. The second-order valence-electron chi connectivity index (χ2n) is 6.39. The van der Waals surface area contributed by atoms with Gasteiger partial charge >= 0.3 is 0 Å². The molecule has 0 radical (unpaired) electrons. The van der Waals surface area contributed by atoms with E-state index in [1.807, 2.05) is 6.92 Å². The van der Waals surface area contributed by atoms with Crippen LogP contribution in [0.25, 0.3) is 0 Å². The van der Waals surface area contributed by atoms with Crippen LogP contribution in [-0.2, 0) is 9.59 Å². The van der Waals surface area contributed by atoms with Crippen molar-refractivity contribution in [3.63, 3.8) is 0 Å². The standard InChI is InChI=1S/C18H27N3O4.ClH/c1-12(19)5-6-17(22)20(2)16-7-8-21(18(16)23)13-9-14(24-3)11-15(10-13)25-4;/h9-12,16H,5-8,19H2,1-4H3;1H. The smallest absolute Gasteiger partial charge is 0.249 e. The molecule has 7 nitrogen and oxygen atoms in total. The summed E-state index contributed by atoms with van der Waals surface area (Å²) in [5, 5.41) is 0. The first-order chi connectivity index (χ1) is 11.9. The van der Waals surface area contributed by atoms with Gasteiger partial charge in [-0.05, 0) is 19.8 Å². The van der Waals surface area contributed by atoms with Crippen molar-refractivity contribution in [1.29, 1.82) is 0 Å². The first-order valence-corrected chi connectivity index (χ1v) is 8.43. The third kappa shape index (κ3) is 5.02. The molecule has 2 amide bonds. The van der Waals surface area contributed by atoms with Crippen molar-refractivity contribution in [3.8, 4) is 11.5 Å². The van der Waals surface area contributed by atoms with Gasteiger partial charge in [0.2, 0.25) is 11.8 Å².